The molecule has 6 heteroatoms. The average Bonchev–Trinajstić information content (AvgIpc) is 2.69. The summed E-state index contributed by atoms with van der Waals surface area (Å²) in [6.45, 7) is 6.07. The molecule has 0 aromatic heterocycles. The van der Waals surface area contributed by atoms with Crippen LogP contribution in [0.5, 0.6) is 5.75 Å². The van der Waals surface area contributed by atoms with E-state index in [4.69, 9.17) is 14.2 Å². The van der Waals surface area contributed by atoms with E-state index in [1.807, 2.05) is 60.7 Å². The maximum atomic E-state index is 12.3. The Labute approximate surface area is 178 Å². The lowest BCUT2D eigenvalue weighted by Gasteiger charge is -2.23. The van der Waals surface area contributed by atoms with Crippen LogP contribution in [0.2, 0.25) is 0 Å². The van der Waals surface area contributed by atoms with Crippen molar-refractivity contribution in [2.45, 2.75) is 58.3 Å². The van der Waals surface area contributed by atoms with E-state index in [1.54, 1.807) is 20.8 Å². The van der Waals surface area contributed by atoms with Crippen LogP contribution in [0.15, 0.2) is 60.7 Å². The third-order valence-electron chi connectivity index (χ3n) is 4.09. The van der Waals surface area contributed by atoms with Gasteiger partial charge in [0, 0.05) is 6.04 Å². The second-order valence-electron chi connectivity index (χ2n) is 8.00. The van der Waals surface area contributed by atoms with Gasteiger partial charge in [-0.2, -0.15) is 0 Å². The number of hydrogen-bond acceptors (Lipinski definition) is 5. The number of para-hydroxylation sites is 1. The highest BCUT2D eigenvalue weighted by Crippen LogP contribution is 2.12. The number of ether oxygens (including phenoxy) is 3. The van der Waals surface area contributed by atoms with Gasteiger partial charge in [0.15, 0.2) is 0 Å². The molecule has 162 valence electrons. The van der Waals surface area contributed by atoms with Crippen LogP contribution < -0.4 is 10.1 Å². The second kappa shape index (κ2) is 11.9. The van der Waals surface area contributed by atoms with E-state index in [-0.39, 0.29) is 19.0 Å². The number of hydrogen-bond donors (Lipinski definition) is 1. The van der Waals surface area contributed by atoms with Gasteiger partial charge in [-0.25, -0.2) is 4.79 Å². The number of alkyl carbamates (subject to hydrolysis) is 1. The minimum Gasteiger partial charge on any atom is -0.494 e. The molecule has 1 N–H and O–H groups in total. The molecule has 0 aliphatic rings. The Balaban J connectivity index is 1.83. The number of benzene rings is 2. The zero-order valence-corrected chi connectivity index (χ0v) is 17.9. The van der Waals surface area contributed by atoms with E-state index in [1.165, 1.54) is 0 Å². The Hall–Kier alpha value is -3.02. The molecule has 0 unspecified atom stereocenters. The van der Waals surface area contributed by atoms with Crippen molar-refractivity contribution >= 4 is 12.1 Å². The van der Waals surface area contributed by atoms with Gasteiger partial charge >= 0.3 is 12.1 Å². The number of rotatable bonds is 10. The predicted molar refractivity (Wildman–Crippen MR) is 115 cm³/mol. The molecule has 1 atom stereocenters. The highest BCUT2D eigenvalue weighted by atomic mass is 16.6. The third kappa shape index (κ3) is 9.96. The van der Waals surface area contributed by atoms with Crippen LogP contribution >= 0.6 is 0 Å². The van der Waals surface area contributed by atoms with Gasteiger partial charge in [0.05, 0.1) is 13.0 Å². The molecule has 0 aliphatic heterocycles. The summed E-state index contributed by atoms with van der Waals surface area (Å²) in [6, 6.07) is 18.6. The average molecular weight is 414 g/mol. The molecule has 0 saturated carbocycles. The fourth-order valence-corrected chi connectivity index (χ4v) is 2.73. The number of carbonyl (C=O) groups excluding carboxylic acids is 2. The van der Waals surface area contributed by atoms with E-state index < -0.39 is 17.7 Å². The number of esters is 1. The van der Waals surface area contributed by atoms with Gasteiger partial charge < -0.3 is 19.5 Å². The van der Waals surface area contributed by atoms with Crippen LogP contribution in [0, 0.1) is 0 Å². The Morgan fingerprint density at radius 1 is 0.967 bits per heavy atom. The summed E-state index contributed by atoms with van der Waals surface area (Å²) >= 11 is 0. The van der Waals surface area contributed by atoms with Gasteiger partial charge in [0.1, 0.15) is 18.0 Å². The summed E-state index contributed by atoms with van der Waals surface area (Å²) in [5.74, 6) is 0.417. The lowest BCUT2D eigenvalue weighted by atomic mass is 10.1. The molecule has 2 aromatic rings. The topological polar surface area (TPSA) is 73.9 Å². The van der Waals surface area contributed by atoms with Gasteiger partial charge in [0.25, 0.3) is 0 Å². The van der Waals surface area contributed by atoms with Crippen molar-refractivity contribution in [3.8, 4) is 5.75 Å². The monoisotopic (exact) mass is 413 g/mol. The molecule has 0 spiro atoms. The fourth-order valence-electron chi connectivity index (χ4n) is 2.73. The SMILES string of the molecule is CC(C)(C)OC(=O)N[C@@H](CCCOc1ccccc1)CC(=O)OCc1ccccc1. The van der Waals surface area contributed by atoms with Crippen LogP contribution in [0.25, 0.3) is 0 Å². The van der Waals surface area contributed by atoms with Gasteiger partial charge in [-0.1, -0.05) is 48.5 Å². The second-order valence-corrected chi connectivity index (χ2v) is 8.00. The Morgan fingerprint density at radius 2 is 1.60 bits per heavy atom. The van der Waals surface area contributed by atoms with E-state index >= 15 is 0 Å². The summed E-state index contributed by atoms with van der Waals surface area (Å²) < 4.78 is 16.4. The molecule has 0 radical (unpaired) electrons. The van der Waals surface area contributed by atoms with Crippen molar-refractivity contribution in [2.24, 2.45) is 0 Å². The maximum absolute atomic E-state index is 12.3. The van der Waals surface area contributed by atoms with E-state index in [9.17, 15) is 9.59 Å². The first kappa shape index (κ1) is 23.3. The van der Waals surface area contributed by atoms with Gasteiger partial charge in [-0.15, -0.1) is 0 Å². The first-order chi connectivity index (χ1) is 14.3. The number of amides is 1. The Kier molecular flexibility index (Phi) is 9.19. The summed E-state index contributed by atoms with van der Waals surface area (Å²) in [6.07, 6.45) is 0.748. The van der Waals surface area contributed by atoms with Crippen molar-refractivity contribution in [1.29, 1.82) is 0 Å². The molecule has 6 nitrogen and oxygen atoms in total. The van der Waals surface area contributed by atoms with E-state index in [2.05, 4.69) is 5.32 Å². The summed E-state index contributed by atoms with van der Waals surface area (Å²) in [5, 5.41) is 2.78. The van der Waals surface area contributed by atoms with Crippen molar-refractivity contribution in [2.75, 3.05) is 6.61 Å². The van der Waals surface area contributed by atoms with Gasteiger partial charge in [0.2, 0.25) is 0 Å². The molecule has 0 aliphatic carbocycles. The maximum Gasteiger partial charge on any atom is 0.407 e. The van der Waals surface area contributed by atoms with Crippen LogP contribution in [0.1, 0.15) is 45.6 Å². The number of nitrogens with one attached hydrogen (secondary N) is 1. The Bertz CT molecular complexity index is 771. The van der Waals surface area contributed by atoms with Crippen molar-refractivity contribution in [3.63, 3.8) is 0 Å². The quantitative estimate of drug-likeness (QED) is 0.444. The lowest BCUT2D eigenvalue weighted by Crippen LogP contribution is -2.40. The zero-order chi connectivity index (χ0) is 21.8. The van der Waals surface area contributed by atoms with Crippen molar-refractivity contribution < 1.29 is 23.8 Å². The summed E-state index contributed by atoms with van der Waals surface area (Å²) in [4.78, 5) is 24.5. The molecular weight excluding hydrogens is 382 g/mol. The molecule has 0 fully saturated rings. The van der Waals surface area contributed by atoms with E-state index in [0.29, 0.717) is 19.4 Å². The molecule has 0 bridgehead atoms. The van der Waals surface area contributed by atoms with Gasteiger partial charge in [-0.05, 0) is 51.3 Å². The minimum absolute atomic E-state index is 0.0669. The van der Waals surface area contributed by atoms with E-state index in [0.717, 1.165) is 11.3 Å². The lowest BCUT2D eigenvalue weighted by molar-refractivity contribution is -0.145. The normalized spacial score (nSPS) is 12.0. The van der Waals surface area contributed by atoms with Gasteiger partial charge in [-0.3, -0.25) is 4.79 Å². The fraction of sp³-hybridized carbons (Fsp3) is 0.417. The molecular formula is C24H31NO5. The molecule has 2 aromatic carbocycles. The number of carbonyl (C=O) groups is 2. The molecule has 0 heterocycles. The first-order valence-corrected chi connectivity index (χ1v) is 10.2. The van der Waals surface area contributed by atoms with Crippen molar-refractivity contribution in [3.05, 3.63) is 66.2 Å². The van der Waals surface area contributed by atoms with Crippen LogP contribution in [-0.2, 0) is 20.9 Å². The smallest absolute Gasteiger partial charge is 0.407 e. The highest BCUT2D eigenvalue weighted by Gasteiger charge is 2.22. The third-order valence-corrected chi connectivity index (χ3v) is 4.09. The van der Waals surface area contributed by atoms with Crippen LogP contribution in [-0.4, -0.2) is 30.3 Å². The largest absolute Gasteiger partial charge is 0.494 e. The molecule has 1 amide bonds. The van der Waals surface area contributed by atoms with Crippen molar-refractivity contribution in [1.82, 2.24) is 5.32 Å². The highest BCUT2D eigenvalue weighted by molar-refractivity contribution is 5.73. The first-order valence-electron chi connectivity index (χ1n) is 10.2. The summed E-state index contributed by atoms with van der Waals surface area (Å²) in [7, 11) is 0. The molecule has 30 heavy (non-hydrogen) atoms. The standard InChI is InChI=1S/C24H31NO5/c1-24(2,3)30-23(27)25-20(13-10-16-28-21-14-8-5-9-15-21)17-22(26)29-18-19-11-6-4-7-12-19/h4-9,11-12,14-15,20H,10,13,16-18H2,1-3H3,(H,25,27)/t20-/m0/s1. The zero-order valence-electron chi connectivity index (χ0n) is 17.9. The minimum atomic E-state index is -0.612. The summed E-state index contributed by atoms with van der Waals surface area (Å²) in [5.41, 5.74) is 0.303. The molecule has 0 saturated heterocycles. The van der Waals surface area contributed by atoms with Crippen LogP contribution in [0.4, 0.5) is 4.79 Å². The van der Waals surface area contributed by atoms with Crippen LogP contribution in [0.3, 0.4) is 0 Å². The predicted octanol–water partition coefficient (Wildman–Crippen LogP) is 4.87. The Morgan fingerprint density at radius 3 is 2.23 bits per heavy atom. The molecule has 2 rings (SSSR count).